The molecule has 2 aromatic carbocycles. The molecule has 9 heteroatoms. The lowest BCUT2D eigenvalue weighted by molar-refractivity contribution is -0.135. The van der Waals surface area contributed by atoms with Crippen LogP contribution in [0.2, 0.25) is 0 Å². The van der Waals surface area contributed by atoms with Gasteiger partial charge in [0.15, 0.2) is 0 Å². The van der Waals surface area contributed by atoms with Crippen molar-refractivity contribution in [3.63, 3.8) is 0 Å². The number of pyridine rings is 1. The van der Waals surface area contributed by atoms with Crippen molar-refractivity contribution in [3.05, 3.63) is 111 Å². The number of aromatic nitrogens is 1. The Kier molecular flexibility index (Phi) is 8.81. The van der Waals surface area contributed by atoms with Gasteiger partial charge in [-0.1, -0.05) is 60.2 Å². The van der Waals surface area contributed by atoms with E-state index in [0.29, 0.717) is 31.2 Å². The lowest BCUT2D eigenvalue weighted by Gasteiger charge is -2.33. The number of nitrogens with zero attached hydrogens (tertiary/aromatic N) is 2. The van der Waals surface area contributed by atoms with Gasteiger partial charge in [-0.05, 0) is 36.1 Å². The van der Waals surface area contributed by atoms with Crippen molar-refractivity contribution in [2.45, 2.75) is 58.2 Å². The molecular formula is C29H31F3N4O2. The number of H-pyrrole nitrogens is 1. The van der Waals surface area contributed by atoms with E-state index in [2.05, 4.69) is 15.3 Å². The molecule has 3 aromatic rings. The molecule has 0 spiro atoms. The van der Waals surface area contributed by atoms with E-state index in [1.165, 1.54) is 6.07 Å². The molecule has 200 valence electrons. The smallest absolute Gasteiger partial charge is 0.370 e. The fourth-order valence-corrected chi connectivity index (χ4v) is 4.28. The van der Waals surface area contributed by atoms with Gasteiger partial charge in [-0.25, -0.2) is 4.99 Å². The summed E-state index contributed by atoms with van der Waals surface area (Å²) in [6, 6.07) is 18.7. The highest BCUT2D eigenvalue weighted by atomic mass is 19.4. The highest BCUT2D eigenvalue weighted by molar-refractivity contribution is 5.90. The first-order valence-corrected chi connectivity index (χ1v) is 12.5. The molecule has 2 heterocycles. The van der Waals surface area contributed by atoms with Crippen molar-refractivity contribution in [1.82, 2.24) is 15.2 Å². The van der Waals surface area contributed by atoms with E-state index in [0.717, 1.165) is 27.8 Å². The van der Waals surface area contributed by atoms with Gasteiger partial charge >= 0.3 is 6.18 Å². The number of rotatable bonds is 10. The number of amidine groups is 1. The number of alkyl halides is 3. The number of benzene rings is 2. The molecule has 0 amide bonds. The van der Waals surface area contributed by atoms with E-state index in [1.54, 1.807) is 23.2 Å². The molecule has 4 rings (SSSR count). The Morgan fingerprint density at radius 3 is 2.47 bits per heavy atom. The first kappa shape index (κ1) is 27.3. The van der Waals surface area contributed by atoms with Crippen LogP contribution < -0.4 is 10.9 Å². The Morgan fingerprint density at radius 2 is 1.76 bits per heavy atom. The van der Waals surface area contributed by atoms with Crippen molar-refractivity contribution >= 4 is 11.5 Å². The molecule has 0 radical (unpaired) electrons. The second-order valence-electron chi connectivity index (χ2n) is 9.44. The van der Waals surface area contributed by atoms with Crippen LogP contribution in [0.5, 0.6) is 0 Å². The Hall–Kier alpha value is -3.69. The fraction of sp³-hybridized carbons (Fsp3) is 0.310. The Morgan fingerprint density at radius 1 is 1.03 bits per heavy atom. The second kappa shape index (κ2) is 12.2. The summed E-state index contributed by atoms with van der Waals surface area (Å²) in [5.41, 5.74) is 5.16. The maximum atomic E-state index is 12.8. The SMILES string of the molecule is Cc1ccc(C2=CC(O)N(Cc3cccc(CNCc4ccc(=O)[nH]c4)c3)C(CCCC(F)(F)F)=N2)cc1. The third kappa shape index (κ3) is 7.90. The lowest BCUT2D eigenvalue weighted by Crippen LogP contribution is -2.41. The predicted molar refractivity (Wildman–Crippen MR) is 142 cm³/mol. The van der Waals surface area contributed by atoms with Gasteiger partial charge in [0.2, 0.25) is 5.56 Å². The number of aryl methyl sites for hydroxylation is 1. The van der Waals surface area contributed by atoms with Crippen molar-refractivity contribution in [2.24, 2.45) is 4.99 Å². The van der Waals surface area contributed by atoms with Crippen molar-refractivity contribution < 1.29 is 18.3 Å². The summed E-state index contributed by atoms with van der Waals surface area (Å²) >= 11 is 0. The van der Waals surface area contributed by atoms with Crippen LogP contribution in [0.4, 0.5) is 13.2 Å². The molecule has 0 aliphatic carbocycles. The molecule has 1 atom stereocenters. The molecule has 1 aromatic heterocycles. The van der Waals surface area contributed by atoms with Crippen LogP contribution in [0.1, 0.15) is 47.1 Å². The number of aromatic amines is 1. The van der Waals surface area contributed by atoms with Crippen molar-refractivity contribution in [3.8, 4) is 0 Å². The molecule has 6 nitrogen and oxygen atoms in total. The molecule has 0 bridgehead atoms. The number of hydrogen-bond acceptors (Lipinski definition) is 5. The van der Waals surface area contributed by atoms with Crippen molar-refractivity contribution in [1.29, 1.82) is 0 Å². The number of nitrogens with one attached hydrogen (secondary N) is 2. The second-order valence-corrected chi connectivity index (χ2v) is 9.44. The first-order chi connectivity index (χ1) is 18.2. The standard InChI is InChI=1S/C29H31F3N4O2/c1-20-7-10-24(11-8-20)25-15-28(38)36(26(35-25)6-3-13-29(30,31)32)19-22-5-2-4-21(14-22)16-33-17-23-9-12-27(37)34-18-23/h2,4-5,7-12,14-15,18,28,33,38H,3,6,13,16-17,19H2,1H3,(H,34,37). The van der Waals surface area contributed by atoms with E-state index < -0.39 is 18.8 Å². The minimum Gasteiger partial charge on any atom is -0.370 e. The summed E-state index contributed by atoms with van der Waals surface area (Å²) < 4.78 is 38.5. The summed E-state index contributed by atoms with van der Waals surface area (Å²) in [5.74, 6) is 0.432. The van der Waals surface area contributed by atoms with Gasteiger partial charge in [0, 0.05) is 50.3 Å². The predicted octanol–water partition coefficient (Wildman–Crippen LogP) is 5.28. The molecule has 1 aliphatic heterocycles. The molecule has 1 aliphatic rings. The molecule has 0 saturated carbocycles. The fourth-order valence-electron chi connectivity index (χ4n) is 4.28. The molecule has 38 heavy (non-hydrogen) atoms. The maximum Gasteiger partial charge on any atom is 0.389 e. The summed E-state index contributed by atoms with van der Waals surface area (Å²) in [7, 11) is 0. The number of aliphatic hydroxyl groups excluding tert-OH is 1. The highest BCUT2D eigenvalue weighted by Crippen LogP contribution is 2.28. The van der Waals surface area contributed by atoms with Crippen LogP contribution in [-0.4, -0.2) is 33.2 Å². The zero-order valence-corrected chi connectivity index (χ0v) is 21.1. The summed E-state index contributed by atoms with van der Waals surface area (Å²) in [4.78, 5) is 20.2. The van der Waals surface area contributed by atoms with Crippen LogP contribution >= 0.6 is 0 Å². The number of aliphatic imine (C=N–C) groups is 1. The Balaban J connectivity index is 1.47. The number of hydrogen-bond donors (Lipinski definition) is 3. The van der Waals surface area contributed by atoms with Gasteiger partial charge in [-0.3, -0.25) is 4.79 Å². The zero-order chi connectivity index (χ0) is 27.1. The van der Waals surface area contributed by atoms with Crippen LogP contribution in [0, 0.1) is 6.92 Å². The summed E-state index contributed by atoms with van der Waals surface area (Å²) in [6.07, 6.45) is -2.89. The third-order valence-corrected chi connectivity index (χ3v) is 6.27. The Labute approximate surface area is 219 Å². The van der Waals surface area contributed by atoms with Gasteiger partial charge in [-0.2, -0.15) is 13.2 Å². The number of aliphatic hydroxyl groups is 1. The number of halogens is 3. The van der Waals surface area contributed by atoms with Gasteiger partial charge < -0.3 is 20.3 Å². The van der Waals surface area contributed by atoms with Crippen LogP contribution in [0.15, 0.2) is 82.7 Å². The monoisotopic (exact) mass is 524 g/mol. The molecule has 0 fully saturated rings. The van der Waals surface area contributed by atoms with E-state index in [4.69, 9.17) is 0 Å². The molecule has 0 saturated heterocycles. The van der Waals surface area contributed by atoms with Gasteiger partial charge in [-0.15, -0.1) is 0 Å². The summed E-state index contributed by atoms with van der Waals surface area (Å²) in [6.45, 7) is 3.43. The van der Waals surface area contributed by atoms with Gasteiger partial charge in [0.05, 0.1) is 5.70 Å². The van der Waals surface area contributed by atoms with E-state index >= 15 is 0 Å². The Bertz CT molecular complexity index is 1330. The van der Waals surface area contributed by atoms with Crippen LogP contribution in [0.3, 0.4) is 0 Å². The third-order valence-electron chi connectivity index (χ3n) is 6.27. The van der Waals surface area contributed by atoms with Crippen LogP contribution in [-0.2, 0) is 19.6 Å². The van der Waals surface area contributed by atoms with Crippen LogP contribution in [0.25, 0.3) is 5.70 Å². The normalized spacial score (nSPS) is 15.8. The minimum atomic E-state index is -4.25. The maximum absolute atomic E-state index is 12.8. The van der Waals surface area contributed by atoms with Gasteiger partial charge in [0.25, 0.3) is 0 Å². The average Bonchev–Trinajstić information content (AvgIpc) is 2.87. The largest absolute Gasteiger partial charge is 0.389 e. The lowest BCUT2D eigenvalue weighted by atomic mass is 10.1. The topological polar surface area (TPSA) is 80.7 Å². The molecule has 1 unspecified atom stereocenters. The molecule has 3 N–H and O–H groups in total. The molecular weight excluding hydrogens is 493 g/mol. The zero-order valence-electron chi connectivity index (χ0n) is 21.1. The van der Waals surface area contributed by atoms with E-state index in [-0.39, 0.29) is 18.4 Å². The average molecular weight is 525 g/mol. The highest BCUT2D eigenvalue weighted by Gasteiger charge is 2.29. The van der Waals surface area contributed by atoms with E-state index in [9.17, 15) is 23.1 Å². The van der Waals surface area contributed by atoms with E-state index in [1.807, 2.05) is 55.5 Å². The summed E-state index contributed by atoms with van der Waals surface area (Å²) in [5, 5.41) is 14.3. The van der Waals surface area contributed by atoms with Gasteiger partial charge in [0.1, 0.15) is 12.1 Å². The van der Waals surface area contributed by atoms with Crippen molar-refractivity contribution in [2.75, 3.05) is 0 Å². The minimum absolute atomic E-state index is 0.0974. The quantitative estimate of drug-likeness (QED) is 0.337. The first-order valence-electron chi connectivity index (χ1n) is 12.5.